The van der Waals surface area contributed by atoms with Gasteiger partial charge in [-0.25, -0.2) is 9.48 Å². The van der Waals surface area contributed by atoms with Crippen LogP contribution in [0.15, 0.2) is 12.4 Å². The Morgan fingerprint density at radius 2 is 2.54 bits per heavy atom. The van der Waals surface area contributed by atoms with E-state index in [0.717, 1.165) is 0 Å². The van der Waals surface area contributed by atoms with E-state index >= 15 is 0 Å². The molecule has 0 radical (unpaired) electrons. The van der Waals surface area contributed by atoms with Gasteiger partial charge in [-0.15, -0.1) is 5.10 Å². The number of aromatic nitrogens is 3. The Labute approximate surface area is 75.9 Å². The van der Waals surface area contributed by atoms with Gasteiger partial charge in [0.25, 0.3) is 0 Å². The fourth-order valence-corrected chi connectivity index (χ4v) is 0.872. The predicted molar refractivity (Wildman–Crippen MR) is 45.0 cm³/mol. The van der Waals surface area contributed by atoms with Crippen LogP contribution in [0.25, 0.3) is 0 Å². The number of hydrogen-bond acceptors (Lipinski definition) is 4. The molecule has 0 fully saturated rings. The number of hydrogen-bond donors (Lipinski definition) is 1. The summed E-state index contributed by atoms with van der Waals surface area (Å²) in [5.41, 5.74) is 0. The molecule has 0 aromatic carbocycles. The van der Waals surface area contributed by atoms with E-state index in [9.17, 15) is 4.79 Å². The van der Waals surface area contributed by atoms with Gasteiger partial charge in [-0.3, -0.25) is 0 Å². The Morgan fingerprint density at radius 1 is 1.77 bits per heavy atom. The summed E-state index contributed by atoms with van der Waals surface area (Å²) in [6.07, 6.45) is 2.63. The van der Waals surface area contributed by atoms with Crippen LogP contribution >= 0.6 is 0 Å². The average Bonchev–Trinajstić information content (AvgIpc) is 2.56. The number of ether oxygens (including phenoxy) is 1. The zero-order valence-electron chi connectivity index (χ0n) is 7.60. The zero-order valence-corrected chi connectivity index (χ0v) is 7.60. The van der Waals surface area contributed by atoms with Crippen LogP contribution in [-0.2, 0) is 11.3 Å². The molecule has 0 spiro atoms. The Hall–Kier alpha value is -1.59. The van der Waals surface area contributed by atoms with Crippen molar-refractivity contribution >= 4 is 6.09 Å². The van der Waals surface area contributed by atoms with Gasteiger partial charge in [0.1, 0.15) is 6.10 Å². The normalized spacial score (nSPS) is 12.2. The van der Waals surface area contributed by atoms with Gasteiger partial charge in [0.05, 0.1) is 12.7 Å². The van der Waals surface area contributed by atoms with Gasteiger partial charge in [0.2, 0.25) is 0 Å². The van der Waals surface area contributed by atoms with Crippen LogP contribution in [0.3, 0.4) is 0 Å². The predicted octanol–water partition coefficient (Wildman–Crippen LogP) is 0.0226. The van der Waals surface area contributed by atoms with Crippen LogP contribution in [0.1, 0.15) is 6.92 Å². The summed E-state index contributed by atoms with van der Waals surface area (Å²) in [5, 5.41) is 9.74. The van der Waals surface area contributed by atoms with Gasteiger partial charge in [0.15, 0.2) is 0 Å². The Balaban J connectivity index is 2.33. The molecular formula is C7H12N4O2. The number of amides is 1. The molecule has 6 heteroatoms. The van der Waals surface area contributed by atoms with Gasteiger partial charge >= 0.3 is 6.09 Å². The van der Waals surface area contributed by atoms with E-state index in [1.54, 1.807) is 24.0 Å². The van der Waals surface area contributed by atoms with Crippen molar-refractivity contribution < 1.29 is 9.53 Å². The van der Waals surface area contributed by atoms with Crippen LogP contribution in [0.5, 0.6) is 0 Å². The molecule has 1 amide bonds. The minimum Gasteiger partial charge on any atom is -0.445 e. The van der Waals surface area contributed by atoms with Crippen molar-refractivity contribution in [3.05, 3.63) is 12.4 Å². The summed E-state index contributed by atoms with van der Waals surface area (Å²) in [6, 6.07) is 0. The molecule has 1 aromatic heterocycles. The molecule has 0 aliphatic carbocycles. The Kier molecular flexibility index (Phi) is 3.24. The van der Waals surface area contributed by atoms with E-state index in [1.165, 1.54) is 7.05 Å². The maximum atomic E-state index is 10.8. The zero-order chi connectivity index (χ0) is 9.68. The summed E-state index contributed by atoms with van der Waals surface area (Å²) in [6.45, 7) is 2.30. The topological polar surface area (TPSA) is 69.0 Å². The summed E-state index contributed by atoms with van der Waals surface area (Å²) in [5.74, 6) is 0. The van der Waals surface area contributed by atoms with Crippen LogP contribution in [-0.4, -0.2) is 34.2 Å². The van der Waals surface area contributed by atoms with Crippen LogP contribution < -0.4 is 5.32 Å². The molecule has 0 aliphatic rings. The summed E-state index contributed by atoms with van der Waals surface area (Å²) in [4.78, 5) is 10.8. The van der Waals surface area contributed by atoms with Crippen LogP contribution in [0.4, 0.5) is 4.79 Å². The molecule has 1 aromatic rings. The lowest BCUT2D eigenvalue weighted by molar-refractivity contribution is 0.0968. The monoisotopic (exact) mass is 184 g/mol. The van der Waals surface area contributed by atoms with Gasteiger partial charge in [-0.05, 0) is 6.92 Å². The van der Waals surface area contributed by atoms with E-state index in [1.807, 2.05) is 0 Å². The van der Waals surface area contributed by atoms with Crippen LogP contribution in [0.2, 0.25) is 0 Å². The van der Waals surface area contributed by atoms with Gasteiger partial charge in [-0.2, -0.15) is 0 Å². The smallest absolute Gasteiger partial charge is 0.407 e. The van der Waals surface area contributed by atoms with Crippen LogP contribution in [0, 0.1) is 0 Å². The molecule has 1 N–H and O–H groups in total. The second kappa shape index (κ2) is 4.44. The van der Waals surface area contributed by atoms with Gasteiger partial charge < -0.3 is 10.1 Å². The van der Waals surface area contributed by atoms with Crippen molar-refractivity contribution in [2.75, 3.05) is 7.05 Å². The lowest BCUT2D eigenvalue weighted by atomic mass is 10.4. The third-order valence-corrected chi connectivity index (χ3v) is 1.43. The maximum Gasteiger partial charge on any atom is 0.407 e. The SMILES string of the molecule is CNC(=O)O[C@H](C)Cn1ccnn1. The molecule has 6 nitrogen and oxygen atoms in total. The van der Waals surface area contributed by atoms with Crippen molar-refractivity contribution in [2.45, 2.75) is 19.6 Å². The van der Waals surface area contributed by atoms with E-state index in [2.05, 4.69) is 15.6 Å². The first-order valence-electron chi connectivity index (χ1n) is 3.95. The number of nitrogens with one attached hydrogen (secondary N) is 1. The Morgan fingerprint density at radius 3 is 3.08 bits per heavy atom. The highest BCUT2D eigenvalue weighted by Crippen LogP contribution is 1.94. The third-order valence-electron chi connectivity index (χ3n) is 1.43. The van der Waals surface area contributed by atoms with E-state index < -0.39 is 6.09 Å². The number of carbonyl (C=O) groups excluding carboxylic acids is 1. The molecular weight excluding hydrogens is 172 g/mol. The van der Waals surface area contributed by atoms with E-state index in [-0.39, 0.29) is 6.10 Å². The first-order chi connectivity index (χ1) is 6.22. The molecule has 1 rings (SSSR count). The second-order valence-corrected chi connectivity index (χ2v) is 2.59. The quantitative estimate of drug-likeness (QED) is 0.719. The van der Waals surface area contributed by atoms with Crippen molar-refractivity contribution in [1.29, 1.82) is 0 Å². The van der Waals surface area contributed by atoms with Gasteiger partial charge in [-0.1, -0.05) is 5.21 Å². The fourth-order valence-electron chi connectivity index (χ4n) is 0.872. The molecule has 0 bridgehead atoms. The minimum atomic E-state index is -0.437. The first-order valence-corrected chi connectivity index (χ1v) is 3.95. The highest BCUT2D eigenvalue weighted by Gasteiger charge is 2.07. The maximum absolute atomic E-state index is 10.8. The standard InChI is InChI=1S/C7H12N4O2/c1-6(13-7(12)8-2)5-11-4-3-9-10-11/h3-4,6H,5H2,1-2H3,(H,8,12)/t6-/m1/s1. The van der Waals surface area contributed by atoms with Crippen molar-refractivity contribution in [1.82, 2.24) is 20.3 Å². The van der Waals surface area contributed by atoms with Crippen molar-refractivity contribution in [2.24, 2.45) is 0 Å². The molecule has 13 heavy (non-hydrogen) atoms. The lowest BCUT2D eigenvalue weighted by Gasteiger charge is -2.11. The Bertz CT molecular complexity index is 259. The highest BCUT2D eigenvalue weighted by atomic mass is 16.6. The fraction of sp³-hybridized carbons (Fsp3) is 0.571. The number of rotatable bonds is 3. The molecule has 0 saturated carbocycles. The van der Waals surface area contributed by atoms with E-state index in [0.29, 0.717) is 6.54 Å². The molecule has 0 unspecified atom stereocenters. The molecule has 0 aliphatic heterocycles. The molecule has 1 heterocycles. The summed E-state index contributed by atoms with van der Waals surface area (Å²) >= 11 is 0. The number of alkyl carbamates (subject to hydrolysis) is 1. The number of nitrogens with zero attached hydrogens (tertiary/aromatic N) is 3. The van der Waals surface area contributed by atoms with Gasteiger partial charge in [0, 0.05) is 13.2 Å². The van der Waals surface area contributed by atoms with Crippen molar-refractivity contribution in [3.63, 3.8) is 0 Å². The second-order valence-electron chi connectivity index (χ2n) is 2.59. The first kappa shape index (κ1) is 9.50. The molecule has 0 saturated heterocycles. The highest BCUT2D eigenvalue weighted by molar-refractivity contribution is 5.66. The third kappa shape index (κ3) is 3.10. The molecule has 1 atom stereocenters. The summed E-state index contributed by atoms with van der Waals surface area (Å²) < 4.78 is 6.54. The average molecular weight is 184 g/mol. The lowest BCUT2D eigenvalue weighted by Crippen LogP contribution is -2.27. The largest absolute Gasteiger partial charge is 0.445 e. The van der Waals surface area contributed by atoms with E-state index in [4.69, 9.17) is 4.74 Å². The minimum absolute atomic E-state index is 0.221. The molecule has 72 valence electrons. The number of carbonyl (C=O) groups is 1. The van der Waals surface area contributed by atoms with Crippen molar-refractivity contribution in [3.8, 4) is 0 Å². The summed E-state index contributed by atoms with van der Waals surface area (Å²) in [7, 11) is 1.52.